The Balaban J connectivity index is 1.78. The van der Waals surface area contributed by atoms with E-state index in [0.29, 0.717) is 11.3 Å². The Kier molecular flexibility index (Phi) is 4.43. The van der Waals surface area contributed by atoms with Crippen LogP contribution in [0.1, 0.15) is 24.8 Å². The van der Waals surface area contributed by atoms with Crippen molar-refractivity contribution in [3.05, 3.63) is 35.2 Å². The van der Waals surface area contributed by atoms with Gasteiger partial charge in [0.25, 0.3) is 0 Å². The van der Waals surface area contributed by atoms with Crippen LogP contribution in [0.15, 0.2) is 29.6 Å². The molecule has 4 heteroatoms. The second-order valence-corrected chi connectivity index (χ2v) is 7.40. The fourth-order valence-electron chi connectivity index (χ4n) is 2.81. The highest BCUT2D eigenvalue weighted by Gasteiger charge is 2.24. The van der Waals surface area contributed by atoms with E-state index in [2.05, 4.69) is 46.8 Å². The van der Waals surface area contributed by atoms with Crippen molar-refractivity contribution in [2.24, 2.45) is 5.84 Å². The Morgan fingerprint density at radius 3 is 3.00 bits per heavy atom. The van der Waals surface area contributed by atoms with Gasteiger partial charge in [0.1, 0.15) is 0 Å². The van der Waals surface area contributed by atoms with Crippen LogP contribution in [0.5, 0.6) is 0 Å². The summed E-state index contributed by atoms with van der Waals surface area (Å²) in [6.07, 6.45) is 5.04. The quantitative estimate of drug-likeness (QED) is 0.668. The van der Waals surface area contributed by atoms with E-state index in [4.69, 9.17) is 5.84 Å². The Morgan fingerprint density at radius 1 is 1.32 bits per heavy atom. The normalized spacial score (nSPS) is 21.6. The van der Waals surface area contributed by atoms with Gasteiger partial charge in [-0.2, -0.15) is 11.8 Å². The molecule has 3 N–H and O–H groups in total. The van der Waals surface area contributed by atoms with Gasteiger partial charge in [0.15, 0.2) is 0 Å². The number of hydrogen-bond acceptors (Lipinski definition) is 4. The van der Waals surface area contributed by atoms with Crippen molar-refractivity contribution < 1.29 is 0 Å². The molecule has 2 aromatic rings. The van der Waals surface area contributed by atoms with Crippen LogP contribution in [0.2, 0.25) is 0 Å². The summed E-state index contributed by atoms with van der Waals surface area (Å²) in [5, 5.41) is 4.36. The molecule has 1 aromatic carbocycles. The zero-order chi connectivity index (χ0) is 13.1. The topological polar surface area (TPSA) is 38.0 Å². The van der Waals surface area contributed by atoms with E-state index in [1.54, 1.807) is 0 Å². The summed E-state index contributed by atoms with van der Waals surface area (Å²) in [5.74, 6) is 7.09. The molecule has 2 heterocycles. The van der Waals surface area contributed by atoms with Gasteiger partial charge in [-0.3, -0.25) is 11.3 Å². The summed E-state index contributed by atoms with van der Waals surface area (Å²) in [6, 6.07) is 9.05. The minimum absolute atomic E-state index is 0.392. The predicted molar refractivity (Wildman–Crippen MR) is 86.7 cm³/mol. The summed E-state index contributed by atoms with van der Waals surface area (Å²) in [5.41, 5.74) is 4.50. The summed E-state index contributed by atoms with van der Waals surface area (Å²) in [4.78, 5) is 0. The number of thiophene rings is 1. The predicted octanol–water partition coefficient (Wildman–Crippen LogP) is 3.56. The number of nitrogens with two attached hydrogens (primary N) is 1. The smallest absolute Gasteiger partial charge is 0.0370 e. The average molecular weight is 292 g/mol. The second-order valence-electron chi connectivity index (χ2n) is 5.14. The molecule has 19 heavy (non-hydrogen) atoms. The molecule has 2 nitrogen and oxygen atoms in total. The standard InChI is InChI=1S/C15H20N2S2/c16-17-13(15-7-3-4-8-18-15)9-11-10-19-14-6-2-1-5-12(11)14/h1-2,5-6,10,13,15,17H,3-4,7-9,16H2. The zero-order valence-corrected chi connectivity index (χ0v) is 12.6. The Morgan fingerprint density at radius 2 is 2.21 bits per heavy atom. The van der Waals surface area contributed by atoms with E-state index in [-0.39, 0.29) is 0 Å². The molecule has 0 amide bonds. The lowest BCUT2D eigenvalue weighted by Gasteiger charge is -2.29. The van der Waals surface area contributed by atoms with Gasteiger partial charge >= 0.3 is 0 Å². The SMILES string of the molecule is NNC(Cc1csc2ccccc12)C1CCCCS1. The number of thioether (sulfide) groups is 1. The maximum absolute atomic E-state index is 5.80. The van der Waals surface area contributed by atoms with Gasteiger partial charge < -0.3 is 0 Å². The lowest BCUT2D eigenvalue weighted by molar-refractivity contribution is 0.473. The van der Waals surface area contributed by atoms with Crippen LogP contribution in [0.25, 0.3) is 10.1 Å². The van der Waals surface area contributed by atoms with Gasteiger partial charge in [-0.05, 0) is 47.4 Å². The van der Waals surface area contributed by atoms with E-state index in [0.717, 1.165) is 6.42 Å². The van der Waals surface area contributed by atoms with Crippen molar-refractivity contribution in [1.82, 2.24) is 5.43 Å². The van der Waals surface area contributed by atoms with Gasteiger partial charge in [0.2, 0.25) is 0 Å². The molecule has 1 saturated heterocycles. The van der Waals surface area contributed by atoms with Gasteiger partial charge in [-0.25, -0.2) is 0 Å². The number of rotatable bonds is 4. The fraction of sp³-hybridized carbons (Fsp3) is 0.467. The Labute approximate surface area is 122 Å². The van der Waals surface area contributed by atoms with E-state index in [1.165, 1.54) is 40.7 Å². The molecule has 1 fully saturated rings. The molecule has 1 aliphatic heterocycles. The van der Waals surface area contributed by atoms with Crippen molar-refractivity contribution >= 4 is 33.2 Å². The maximum Gasteiger partial charge on any atom is 0.0370 e. The first kappa shape index (κ1) is 13.4. The first-order chi connectivity index (χ1) is 9.38. The third kappa shape index (κ3) is 2.97. The molecule has 3 rings (SSSR count). The minimum atomic E-state index is 0.392. The maximum atomic E-state index is 5.80. The fourth-order valence-corrected chi connectivity index (χ4v) is 5.20. The Bertz CT molecular complexity index is 532. The summed E-state index contributed by atoms with van der Waals surface area (Å²) >= 11 is 3.92. The summed E-state index contributed by atoms with van der Waals surface area (Å²) < 4.78 is 1.38. The highest BCUT2D eigenvalue weighted by Crippen LogP contribution is 2.31. The van der Waals surface area contributed by atoms with Crippen molar-refractivity contribution in [3.8, 4) is 0 Å². The van der Waals surface area contributed by atoms with Crippen LogP contribution in [0.3, 0.4) is 0 Å². The number of benzene rings is 1. The lowest BCUT2D eigenvalue weighted by atomic mass is 9.99. The van der Waals surface area contributed by atoms with Crippen LogP contribution in [0.4, 0.5) is 0 Å². The molecule has 102 valence electrons. The van der Waals surface area contributed by atoms with Crippen LogP contribution < -0.4 is 11.3 Å². The third-order valence-corrected chi connectivity index (χ3v) is 6.41. The van der Waals surface area contributed by atoms with Crippen molar-refractivity contribution in [2.75, 3.05) is 5.75 Å². The number of fused-ring (bicyclic) bond motifs is 1. The summed E-state index contributed by atoms with van der Waals surface area (Å²) in [7, 11) is 0. The Hall–Kier alpha value is -0.550. The monoisotopic (exact) mass is 292 g/mol. The highest BCUT2D eigenvalue weighted by molar-refractivity contribution is 8.00. The van der Waals surface area contributed by atoms with Crippen molar-refractivity contribution in [1.29, 1.82) is 0 Å². The molecule has 0 aliphatic carbocycles. The van der Waals surface area contributed by atoms with E-state index in [9.17, 15) is 0 Å². The first-order valence-corrected chi connectivity index (χ1v) is 8.84. The van der Waals surface area contributed by atoms with Crippen molar-refractivity contribution in [3.63, 3.8) is 0 Å². The molecule has 2 atom stereocenters. The molecule has 0 radical (unpaired) electrons. The molecular formula is C15H20N2S2. The van der Waals surface area contributed by atoms with Crippen molar-refractivity contribution in [2.45, 2.75) is 37.0 Å². The molecule has 0 saturated carbocycles. The van der Waals surface area contributed by atoms with Gasteiger partial charge in [-0.1, -0.05) is 24.6 Å². The third-order valence-electron chi connectivity index (χ3n) is 3.88. The molecule has 1 aliphatic rings. The second kappa shape index (κ2) is 6.27. The van der Waals surface area contributed by atoms with Gasteiger partial charge in [0, 0.05) is 16.0 Å². The largest absolute Gasteiger partial charge is 0.271 e. The molecule has 0 spiro atoms. The first-order valence-electron chi connectivity index (χ1n) is 6.91. The van der Waals surface area contributed by atoms with Gasteiger partial charge in [0.05, 0.1) is 0 Å². The number of nitrogens with one attached hydrogen (secondary N) is 1. The van der Waals surface area contributed by atoms with Crippen LogP contribution >= 0.6 is 23.1 Å². The van der Waals surface area contributed by atoms with E-state index >= 15 is 0 Å². The lowest BCUT2D eigenvalue weighted by Crippen LogP contribution is -2.44. The van der Waals surface area contributed by atoms with Crippen LogP contribution in [0, 0.1) is 0 Å². The van der Waals surface area contributed by atoms with Crippen LogP contribution in [-0.4, -0.2) is 17.0 Å². The zero-order valence-electron chi connectivity index (χ0n) is 11.0. The molecule has 2 unspecified atom stereocenters. The van der Waals surface area contributed by atoms with Crippen LogP contribution in [-0.2, 0) is 6.42 Å². The summed E-state index contributed by atoms with van der Waals surface area (Å²) in [6.45, 7) is 0. The van der Waals surface area contributed by atoms with E-state index < -0.39 is 0 Å². The number of hydrazine groups is 1. The average Bonchev–Trinajstić information content (AvgIpc) is 2.89. The highest BCUT2D eigenvalue weighted by atomic mass is 32.2. The van der Waals surface area contributed by atoms with Gasteiger partial charge in [-0.15, -0.1) is 11.3 Å². The molecular weight excluding hydrogens is 272 g/mol. The van der Waals surface area contributed by atoms with E-state index in [1.807, 2.05) is 11.3 Å². The molecule has 1 aromatic heterocycles. The number of hydrogen-bond donors (Lipinski definition) is 2. The molecule has 0 bridgehead atoms. The minimum Gasteiger partial charge on any atom is -0.271 e.